The normalized spacial score (nSPS) is 10.5. The van der Waals surface area contributed by atoms with E-state index in [1.807, 2.05) is 24.4 Å². The van der Waals surface area contributed by atoms with Crippen LogP contribution >= 0.6 is 0 Å². The number of fused-ring (bicyclic) bond motifs is 2. The van der Waals surface area contributed by atoms with Crippen LogP contribution in [0.15, 0.2) is 66.9 Å². The molecule has 0 saturated heterocycles. The number of hydrogen-bond acceptors (Lipinski definition) is 2. The zero-order valence-electron chi connectivity index (χ0n) is 14.5. The molecular formula is C22H22N2. The molecule has 0 N–H and O–H groups in total. The van der Waals surface area contributed by atoms with Crippen molar-refractivity contribution in [1.29, 1.82) is 0 Å². The third-order valence-corrected chi connectivity index (χ3v) is 4.07. The summed E-state index contributed by atoms with van der Waals surface area (Å²) in [6, 6.07) is 20.8. The van der Waals surface area contributed by atoms with Gasteiger partial charge in [0.25, 0.3) is 0 Å². The van der Waals surface area contributed by atoms with Gasteiger partial charge >= 0.3 is 0 Å². The Kier molecular flexibility index (Phi) is 4.85. The lowest BCUT2D eigenvalue weighted by Gasteiger charge is -2.03. The largest absolute Gasteiger partial charge is 0.258 e. The van der Waals surface area contributed by atoms with Gasteiger partial charge in [-0.1, -0.05) is 49.4 Å². The molecule has 4 rings (SSSR count). The van der Waals surface area contributed by atoms with Gasteiger partial charge in [0.05, 0.1) is 5.52 Å². The second-order valence-electron chi connectivity index (χ2n) is 5.98. The maximum Gasteiger partial charge on any atom is 0.0702 e. The molecule has 0 fully saturated rings. The van der Waals surface area contributed by atoms with Crippen molar-refractivity contribution in [2.24, 2.45) is 0 Å². The number of aromatic nitrogens is 2. The van der Waals surface area contributed by atoms with Crippen LogP contribution in [0.4, 0.5) is 0 Å². The highest BCUT2D eigenvalue weighted by atomic mass is 14.7. The topological polar surface area (TPSA) is 25.8 Å². The second kappa shape index (κ2) is 7.22. The predicted octanol–water partition coefficient (Wildman–Crippen LogP) is 5.65. The number of benzene rings is 2. The van der Waals surface area contributed by atoms with Gasteiger partial charge in [0, 0.05) is 28.4 Å². The van der Waals surface area contributed by atoms with Crippen molar-refractivity contribution in [3.05, 3.63) is 83.8 Å². The molecule has 0 amide bonds. The summed E-state index contributed by atoms with van der Waals surface area (Å²) in [6.07, 6.45) is 2.90. The molecule has 2 heterocycles. The van der Waals surface area contributed by atoms with E-state index in [4.69, 9.17) is 0 Å². The van der Waals surface area contributed by atoms with E-state index in [1.54, 1.807) is 0 Å². The van der Waals surface area contributed by atoms with Crippen LogP contribution in [0.2, 0.25) is 0 Å². The third kappa shape index (κ3) is 3.60. The minimum atomic E-state index is 1.01. The third-order valence-electron chi connectivity index (χ3n) is 4.07. The van der Waals surface area contributed by atoms with Crippen LogP contribution < -0.4 is 0 Å². The first-order valence-electron chi connectivity index (χ1n) is 8.34. The van der Waals surface area contributed by atoms with Gasteiger partial charge in [-0.3, -0.25) is 9.97 Å². The summed E-state index contributed by atoms with van der Waals surface area (Å²) >= 11 is 0. The number of para-hydroxylation sites is 1. The Balaban J connectivity index is 0.000000143. The van der Waals surface area contributed by atoms with Crippen molar-refractivity contribution in [2.45, 2.75) is 27.2 Å². The number of aryl methyl sites for hydroxylation is 3. The van der Waals surface area contributed by atoms with Gasteiger partial charge in [0.15, 0.2) is 0 Å². The number of hydrogen-bond donors (Lipinski definition) is 0. The highest BCUT2D eigenvalue weighted by Crippen LogP contribution is 2.17. The Morgan fingerprint density at radius 2 is 1.54 bits per heavy atom. The van der Waals surface area contributed by atoms with Crippen molar-refractivity contribution in [3.63, 3.8) is 0 Å². The van der Waals surface area contributed by atoms with Gasteiger partial charge in [0.1, 0.15) is 0 Å². The Bertz CT molecular complexity index is 974. The van der Waals surface area contributed by atoms with E-state index in [2.05, 4.69) is 73.2 Å². The van der Waals surface area contributed by atoms with Crippen LogP contribution in [0.3, 0.4) is 0 Å². The van der Waals surface area contributed by atoms with E-state index in [9.17, 15) is 0 Å². The lowest BCUT2D eigenvalue weighted by molar-refractivity contribution is 1.02. The Hall–Kier alpha value is -2.74. The lowest BCUT2D eigenvalue weighted by Crippen LogP contribution is -1.91. The molecule has 4 aromatic rings. The fourth-order valence-corrected chi connectivity index (χ4v) is 2.80. The summed E-state index contributed by atoms with van der Waals surface area (Å²) in [5.41, 5.74) is 4.59. The molecule has 0 aliphatic heterocycles. The van der Waals surface area contributed by atoms with Gasteiger partial charge in [-0.05, 0) is 49.4 Å². The summed E-state index contributed by atoms with van der Waals surface area (Å²) in [5, 5.41) is 3.78. The van der Waals surface area contributed by atoms with Crippen LogP contribution in [-0.2, 0) is 6.42 Å². The van der Waals surface area contributed by atoms with E-state index in [0.717, 1.165) is 17.6 Å². The standard InChI is InChI=1S/C12H13N.C10H9N/c1-3-11-8-10-6-4-5-7-12(10)9(2)13-11;1-8-6-9-4-2-3-5-10(9)11-7-8/h4-8H,3H2,1-2H3;2-7H,1H3. The first-order chi connectivity index (χ1) is 11.7. The van der Waals surface area contributed by atoms with Crippen LogP contribution in [0.1, 0.15) is 23.9 Å². The fraction of sp³-hybridized carbons (Fsp3) is 0.182. The first-order valence-corrected chi connectivity index (χ1v) is 8.34. The molecule has 2 heteroatoms. The van der Waals surface area contributed by atoms with E-state index >= 15 is 0 Å². The Labute approximate surface area is 143 Å². The van der Waals surface area contributed by atoms with Gasteiger partial charge in [-0.25, -0.2) is 0 Å². The lowest BCUT2D eigenvalue weighted by atomic mass is 10.1. The zero-order valence-corrected chi connectivity index (χ0v) is 14.5. The summed E-state index contributed by atoms with van der Waals surface area (Å²) in [4.78, 5) is 8.80. The molecule has 120 valence electrons. The highest BCUT2D eigenvalue weighted by molar-refractivity contribution is 5.84. The minimum Gasteiger partial charge on any atom is -0.258 e. The Morgan fingerprint density at radius 1 is 0.833 bits per heavy atom. The summed E-state index contributed by atoms with van der Waals surface area (Å²) in [7, 11) is 0. The van der Waals surface area contributed by atoms with Crippen LogP contribution in [0, 0.1) is 13.8 Å². The molecule has 24 heavy (non-hydrogen) atoms. The highest BCUT2D eigenvalue weighted by Gasteiger charge is 1.99. The maximum absolute atomic E-state index is 4.52. The van der Waals surface area contributed by atoms with Crippen LogP contribution in [0.5, 0.6) is 0 Å². The van der Waals surface area contributed by atoms with Crippen LogP contribution in [0.25, 0.3) is 21.7 Å². The minimum absolute atomic E-state index is 1.01. The van der Waals surface area contributed by atoms with Gasteiger partial charge < -0.3 is 0 Å². The maximum atomic E-state index is 4.52. The summed E-state index contributed by atoms with van der Waals surface area (Å²) < 4.78 is 0. The van der Waals surface area contributed by atoms with Gasteiger partial charge in [-0.2, -0.15) is 0 Å². The smallest absolute Gasteiger partial charge is 0.0702 e. The molecule has 0 unspecified atom stereocenters. The number of nitrogens with zero attached hydrogens (tertiary/aromatic N) is 2. The average molecular weight is 314 g/mol. The molecule has 0 saturated carbocycles. The second-order valence-corrected chi connectivity index (χ2v) is 5.98. The van der Waals surface area contributed by atoms with E-state index < -0.39 is 0 Å². The number of pyridine rings is 2. The van der Waals surface area contributed by atoms with Gasteiger partial charge in [0.2, 0.25) is 0 Å². The Morgan fingerprint density at radius 3 is 2.33 bits per heavy atom. The first kappa shape index (κ1) is 16.1. The molecular weight excluding hydrogens is 292 g/mol. The monoisotopic (exact) mass is 314 g/mol. The van der Waals surface area contributed by atoms with Crippen molar-refractivity contribution < 1.29 is 0 Å². The summed E-state index contributed by atoms with van der Waals surface area (Å²) in [6.45, 7) is 6.26. The van der Waals surface area contributed by atoms with E-state index in [1.165, 1.54) is 27.4 Å². The van der Waals surface area contributed by atoms with E-state index in [-0.39, 0.29) is 0 Å². The summed E-state index contributed by atoms with van der Waals surface area (Å²) in [5.74, 6) is 0. The van der Waals surface area contributed by atoms with Crippen LogP contribution in [-0.4, -0.2) is 9.97 Å². The molecule has 0 spiro atoms. The molecule has 0 atom stereocenters. The molecule has 2 aromatic heterocycles. The van der Waals surface area contributed by atoms with Gasteiger partial charge in [-0.15, -0.1) is 0 Å². The van der Waals surface area contributed by atoms with Crippen molar-refractivity contribution in [1.82, 2.24) is 9.97 Å². The quantitative estimate of drug-likeness (QED) is 0.454. The molecule has 2 nitrogen and oxygen atoms in total. The van der Waals surface area contributed by atoms with Crippen molar-refractivity contribution >= 4 is 21.7 Å². The molecule has 0 radical (unpaired) electrons. The molecule has 2 aromatic carbocycles. The SMILES string of the molecule is CCc1cc2ccccc2c(C)n1.Cc1cnc2ccccc2c1. The average Bonchev–Trinajstić information content (AvgIpc) is 2.62. The van der Waals surface area contributed by atoms with Crippen molar-refractivity contribution in [3.8, 4) is 0 Å². The molecule has 0 aliphatic carbocycles. The fourth-order valence-electron chi connectivity index (χ4n) is 2.80. The van der Waals surface area contributed by atoms with E-state index in [0.29, 0.717) is 0 Å². The molecule has 0 aliphatic rings. The van der Waals surface area contributed by atoms with Crippen molar-refractivity contribution in [2.75, 3.05) is 0 Å². The predicted molar refractivity (Wildman–Crippen MR) is 102 cm³/mol. The molecule has 0 bridgehead atoms. The number of rotatable bonds is 1. The zero-order chi connectivity index (χ0) is 16.9.